The molecule has 0 saturated carbocycles. The molecule has 0 spiro atoms. The van der Waals surface area contributed by atoms with Crippen molar-refractivity contribution >= 4 is 11.4 Å². The third-order valence-electron chi connectivity index (χ3n) is 2.90. The molecule has 0 aliphatic carbocycles. The molecule has 0 aliphatic rings. The van der Waals surface area contributed by atoms with Crippen LogP contribution < -0.4 is 15.8 Å². The van der Waals surface area contributed by atoms with Crippen molar-refractivity contribution < 1.29 is 9.47 Å². The van der Waals surface area contributed by atoms with Gasteiger partial charge in [-0.2, -0.15) is 0 Å². The normalized spacial score (nSPS) is 12.5. The van der Waals surface area contributed by atoms with Crippen LogP contribution in [0.3, 0.4) is 0 Å². The van der Waals surface area contributed by atoms with Crippen LogP contribution in [0.5, 0.6) is 5.75 Å². The molecule has 1 aromatic rings. The second-order valence-corrected chi connectivity index (χ2v) is 5.09. The van der Waals surface area contributed by atoms with E-state index in [-0.39, 0.29) is 6.04 Å². The fourth-order valence-electron chi connectivity index (χ4n) is 1.80. The molecule has 0 fully saturated rings. The lowest BCUT2D eigenvalue weighted by atomic mass is 10.0. The van der Waals surface area contributed by atoms with Gasteiger partial charge in [-0.1, -0.05) is 20.8 Å². The number of hydrogen-bond donors (Lipinski definition) is 2. The zero-order valence-corrected chi connectivity index (χ0v) is 12.4. The maximum atomic E-state index is 5.91. The minimum atomic E-state index is 0.255. The van der Waals surface area contributed by atoms with E-state index in [0.29, 0.717) is 24.8 Å². The van der Waals surface area contributed by atoms with Gasteiger partial charge >= 0.3 is 0 Å². The molecule has 1 rings (SSSR count). The van der Waals surface area contributed by atoms with E-state index in [4.69, 9.17) is 15.2 Å². The molecule has 1 atom stereocenters. The number of anilines is 2. The van der Waals surface area contributed by atoms with Crippen LogP contribution in [-0.2, 0) is 4.74 Å². The summed E-state index contributed by atoms with van der Waals surface area (Å²) in [4.78, 5) is 0. The Hall–Kier alpha value is -1.42. The van der Waals surface area contributed by atoms with E-state index in [1.807, 2.05) is 18.2 Å². The maximum absolute atomic E-state index is 5.91. The summed E-state index contributed by atoms with van der Waals surface area (Å²) in [5.74, 6) is 1.28. The molecule has 0 bridgehead atoms. The van der Waals surface area contributed by atoms with Gasteiger partial charge in [-0.15, -0.1) is 0 Å². The Morgan fingerprint density at radius 1 is 1.26 bits per heavy atom. The Balaban J connectivity index is 2.78. The van der Waals surface area contributed by atoms with Gasteiger partial charge in [-0.3, -0.25) is 0 Å². The van der Waals surface area contributed by atoms with Crippen molar-refractivity contribution in [1.29, 1.82) is 0 Å². The first-order valence-electron chi connectivity index (χ1n) is 6.85. The van der Waals surface area contributed by atoms with Crippen molar-refractivity contribution in [3.8, 4) is 5.75 Å². The highest BCUT2D eigenvalue weighted by atomic mass is 16.5. The predicted octanol–water partition coefficient (Wildman–Crippen LogP) is 3.14. The van der Waals surface area contributed by atoms with Crippen molar-refractivity contribution in [2.24, 2.45) is 5.92 Å². The molecular weight excluding hydrogens is 240 g/mol. The summed E-state index contributed by atoms with van der Waals surface area (Å²) in [7, 11) is 1.71. The van der Waals surface area contributed by atoms with E-state index in [0.717, 1.165) is 17.9 Å². The van der Waals surface area contributed by atoms with Gasteiger partial charge in [0.25, 0.3) is 0 Å². The average molecular weight is 266 g/mol. The highest BCUT2D eigenvalue weighted by Gasteiger charge is 2.13. The fourth-order valence-corrected chi connectivity index (χ4v) is 1.80. The SMILES string of the molecule is CCCOc1cc(N)cc(NC(COC)C(C)C)c1. The lowest BCUT2D eigenvalue weighted by molar-refractivity contribution is 0.171. The van der Waals surface area contributed by atoms with E-state index in [9.17, 15) is 0 Å². The number of nitrogen functional groups attached to an aromatic ring is 1. The van der Waals surface area contributed by atoms with Gasteiger partial charge in [0.15, 0.2) is 0 Å². The number of methoxy groups -OCH3 is 1. The molecule has 1 unspecified atom stereocenters. The lowest BCUT2D eigenvalue weighted by Gasteiger charge is -2.23. The summed E-state index contributed by atoms with van der Waals surface area (Å²) in [5.41, 5.74) is 7.58. The predicted molar refractivity (Wildman–Crippen MR) is 80.8 cm³/mol. The first-order chi connectivity index (χ1) is 9.06. The van der Waals surface area contributed by atoms with Crippen LogP contribution in [0.1, 0.15) is 27.2 Å². The number of benzene rings is 1. The van der Waals surface area contributed by atoms with Gasteiger partial charge in [0.05, 0.1) is 19.3 Å². The second-order valence-electron chi connectivity index (χ2n) is 5.09. The first-order valence-corrected chi connectivity index (χ1v) is 6.85. The quantitative estimate of drug-likeness (QED) is 0.710. The van der Waals surface area contributed by atoms with Crippen molar-refractivity contribution in [2.45, 2.75) is 33.2 Å². The van der Waals surface area contributed by atoms with Crippen molar-refractivity contribution in [1.82, 2.24) is 0 Å². The standard InChI is InChI=1S/C15H26N2O2/c1-5-6-19-14-8-12(16)7-13(9-14)17-15(10-18-4)11(2)3/h7-9,11,15,17H,5-6,10,16H2,1-4H3. The molecule has 3 N–H and O–H groups in total. The minimum Gasteiger partial charge on any atom is -0.493 e. The van der Waals surface area contributed by atoms with Crippen LogP contribution in [0.2, 0.25) is 0 Å². The molecule has 0 heterocycles. The van der Waals surface area contributed by atoms with Crippen molar-refractivity contribution in [3.05, 3.63) is 18.2 Å². The highest BCUT2D eigenvalue weighted by Crippen LogP contribution is 2.24. The molecule has 19 heavy (non-hydrogen) atoms. The van der Waals surface area contributed by atoms with Crippen LogP contribution in [0, 0.1) is 5.92 Å². The number of nitrogens with one attached hydrogen (secondary N) is 1. The molecule has 0 radical (unpaired) electrons. The van der Waals surface area contributed by atoms with Crippen molar-refractivity contribution in [2.75, 3.05) is 31.4 Å². The molecule has 0 aromatic heterocycles. The maximum Gasteiger partial charge on any atom is 0.123 e. The summed E-state index contributed by atoms with van der Waals surface area (Å²) in [6, 6.07) is 6.01. The summed E-state index contributed by atoms with van der Waals surface area (Å²) in [6.07, 6.45) is 0.982. The molecule has 4 nitrogen and oxygen atoms in total. The zero-order chi connectivity index (χ0) is 14.3. The Morgan fingerprint density at radius 2 is 2.00 bits per heavy atom. The second kappa shape index (κ2) is 7.89. The molecule has 108 valence electrons. The molecule has 0 amide bonds. The van der Waals surface area contributed by atoms with Crippen LogP contribution in [0.25, 0.3) is 0 Å². The Kier molecular flexibility index (Phi) is 6.50. The summed E-state index contributed by atoms with van der Waals surface area (Å²) >= 11 is 0. The zero-order valence-electron chi connectivity index (χ0n) is 12.4. The van der Waals surface area contributed by atoms with Gasteiger partial charge < -0.3 is 20.5 Å². The number of rotatable bonds is 8. The summed E-state index contributed by atoms with van der Waals surface area (Å²) < 4.78 is 10.9. The third kappa shape index (κ3) is 5.39. The Labute approximate surface area is 116 Å². The van der Waals surface area contributed by atoms with E-state index in [2.05, 4.69) is 26.1 Å². The van der Waals surface area contributed by atoms with E-state index in [1.54, 1.807) is 7.11 Å². The highest BCUT2D eigenvalue weighted by molar-refractivity contribution is 5.59. The number of hydrogen-bond acceptors (Lipinski definition) is 4. The van der Waals surface area contributed by atoms with Crippen LogP contribution in [0.15, 0.2) is 18.2 Å². The van der Waals surface area contributed by atoms with Crippen LogP contribution in [0.4, 0.5) is 11.4 Å². The van der Waals surface area contributed by atoms with Crippen molar-refractivity contribution in [3.63, 3.8) is 0 Å². The van der Waals surface area contributed by atoms with Gasteiger partial charge in [-0.05, 0) is 18.4 Å². The Bertz CT molecular complexity index is 380. The molecule has 0 aliphatic heterocycles. The largest absolute Gasteiger partial charge is 0.493 e. The minimum absolute atomic E-state index is 0.255. The molecular formula is C15H26N2O2. The van der Waals surface area contributed by atoms with E-state index < -0.39 is 0 Å². The van der Waals surface area contributed by atoms with Crippen LogP contribution in [-0.4, -0.2) is 26.4 Å². The van der Waals surface area contributed by atoms with Gasteiger partial charge in [-0.25, -0.2) is 0 Å². The lowest BCUT2D eigenvalue weighted by Crippen LogP contribution is -2.30. The average Bonchev–Trinajstić information content (AvgIpc) is 2.35. The monoisotopic (exact) mass is 266 g/mol. The first kappa shape index (κ1) is 15.6. The summed E-state index contributed by atoms with van der Waals surface area (Å²) in [6.45, 7) is 7.78. The Morgan fingerprint density at radius 3 is 2.58 bits per heavy atom. The van der Waals surface area contributed by atoms with E-state index in [1.165, 1.54) is 0 Å². The topological polar surface area (TPSA) is 56.5 Å². The van der Waals surface area contributed by atoms with Gasteiger partial charge in [0.2, 0.25) is 0 Å². The molecule has 1 aromatic carbocycles. The molecule has 0 saturated heterocycles. The van der Waals surface area contributed by atoms with E-state index >= 15 is 0 Å². The van der Waals surface area contributed by atoms with Gasteiger partial charge in [0, 0.05) is 30.6 Å². The fraction of sp³-hybridized carbons (Fsp3) is 0.600. The smallest absolute Gasteiger partial charge is 0.123 e. The molecule has 4 heteroatoms. The van der Waals surface area contributed by atoms with Gasteiger partial charge in [0.1, 0.15) is 5.75 Å². The van der Waals surface area contributed by atoms with Crippen LogP contribution >= 0.6 is 0 Å². The summed E-state index contributed by atoms with van der Waals surface area (Å²) in [5, 5.41) is 3.45. The third-order valence-corrected chi connectivity index (χ3v) is 2.90. The number of ether oxygens (including phenoxy) is 2. The number of nitrogens with two attached hydrogens (primary N) is 1.